The van der Waals surface area contributed by atoms with Crippen LogP contribution in [0.15, 0.2) is 0 Å². The summed E-state index contributed by atoms with van der Waals surface area (Å²) in [6, 6.07) is 0. The lowest BCUT2D eigenvalue weighted by Gasteiger charge is -2.02. The maximum atomic E-state index is 1.59. The smallest absolute Gasteiger partial charge is 0.0383 e. The minimum absolute atomic E-state index is 1.16. The van der Waals surface area contributed by atoms with Crippen molar-refractivity contribution in [3.63, 3.8) is 0 Å². The third-order valence-electron chi connectivity index (χ3n) is 6.19. The lowest BCUT2D eigenvalue weighted by molar-refractivity contribution is 0.514. The van der Waals surface area contributed by atoms with Crippen LogP contribution in [0.4, 0.5) is 0 Å². The molecule has 3 aliphatic carbocycles. The lowest BCUT2D eigenvalue weighted by Crippen LogP contribution is -1.87. The Kier molecular flexibility index (Phi) is 5.24. The number of fused-ring (bicyclic) bond motifs is 2. The zero-order valence-electron chi connectivity index (χ0n) is 12.9. The fourth-order valence-electron chi connectivity index (χ4n) is 4.54. The first-order valence-electron chi connectivity index (χ1n) is 9.43. The summed E-state index contributed by atoms with van der Waals surface area (Å²) in [4.78, 5) is 0. The second kappa shape index (κ2) is 7.14. The molecule has 0 heterocycles. The summed E-state index contributed by atoms with van der Waals surface area (Å²) in [6.45, 7) is 0. The molecule has 4 atom stereocenters. The quantitative estimate of drug-likeness (QED) is 0.477. The molecule has 0 spiro atoms. The highest BCUT2D eigenvalue weighted by Gasteiger charge is 2.36. The van der Waals surface area contributed by atoms with Crippen LogP contribution < -0.4 is 0 Å². The van der Waals surface area contributed by atoms with E-state index in [2.05, 4.69) is 0 Å². The molecular formula is C19H34. The van der Waals surface area contributed by atoms with Crippen LogP contribution in [0.5, 0.6) is 0 Å². The highest BCUT2D eigenvalue weighted by molar-refractivity contribution is 4.87. The van der Waals surface area contributed by atoms with Gasteiger partial charge in [0, 0.05) is 0 Å². The maximum Gasteiger partial charge on any atom is -0.0383 e. The van der Waals surface area contributed by atoms with Crippen LogP contribution in [-0.4, -0.2) is 0 Å². The van der Waals surface area contributed by atoms with E-state index in [1.807, 2.05) is 0 Å². The molecular weight excluding hydrogens is 228 g/mol. The molecule has 0 saturated heterocycles. The van der Waals surface area contributed by atoms with Crippen LogP contribution in [0, 0.1) is 23.7 Å². The monoisotopic (exact) mass is 262 g/mol. The lowest BCUT2D eigenvalue weighted by atomic mass is 10.0. The summed E-state index contributed by atoms with van der Waals surface area (Å²) in [7, 11) is 0. The van der Waals surface area contributed by atoms with Crippen molar-refractivity contribution in [2.75, 3.05) is 0 Å². The van der Waals surface area contributed by atoms with Crippen molar-refractivity contribution in [1.29, 1.82) is 0 Å². The molecule has 3 fully saturated rings. The summed E-state index contributed by atoms with van der Waals surface area (Å²) in [5.41, 5.74) is 0. The van der Waals surface area contributed by atoms with Gasteiger partial charge in [0.2, 0.25) is 0 Å². The Morgan fingerprint density at radius 2 is 0.579 bits per heavy atom. The average Bonchev–Trinajstić information content (AvgIpc) is 3.30. The largest absolute Gasteiger partial charge is 0.0533 e. The molecule has 3 aliphatic rings. The molecule has 0 aromatic rings. The van der Waals surface area contributed by atoms with Crippen molar-refractivity contribution in [2.45, 2.75) is 96.3 Å². The molecule has 0 N–H and O–H groups in total. The van der Waals surface area contributed by atoms with E-state index in [1.165, 1.54) is 44.9 Å². The summed E-state index contributed by atoms with van der Waals surface area (Å²) in [5.74, 6) is 4.63. The average molecular weight is 262 g/mol. The molecule has 0 nitrogen and oxygen atoms in total. The number of hydrogen-bond acceptors (Lipinski definition) is 0. The standard InChI is InChI=1S/C19H34/c1-2-4-7-11-17-15-19(17)13-9-5-8-12-18-14-16(18)10-6-3-1/h16-19H,1-15H2. The molecule has 0 heteroatoms. The van der Waals surface area contributed by atoms with Crippen molar-refractivity contribution in [3.05, 3.63) is 0 Å². The zero-order valence-corrected chi connectivity index (χ0v) is 12.9. The second-order valence-electron chi connectivity index (χ2n) is 7.85. The topological polar surface area (TPSA) is 0 Å². The fraction of sp³-hybridized carbons (Fsp3) is 1.00. The fourth-order valence-corrected chi connectivity index (χ4v) is 4.54. The number of hydrogen-bond donors (Lipinski definition) is 0. The zero-order chi connectivity index (χ0) is 12.9. The first kappa shape index (κ1) is 14.0. The third kappa shape index (κ3) is 4.80. The molecule has 0 aromatic carbocycles. The first-order valence-corrected chi connectivity index (χ1v) is 9.43. The molecule has 0 bridgehead atoms. The Morgan fingerprint density at radius 3 is 0.947 bits per heavy atom. The van der Waals surface area contributed by atoms with E-state index in [1.54, 1.807) is 51.4 Å². The Hall–Kier alpha value is 0. The van der Waals surface area contributed by atoms with Crippen LogP contribution in [0.25, 0.3) is 0 Å². The maximum absolute atomic E-state index is 1.59. The van der Waals surface area contributed by atoms with E-state index in [-0.39, 0.29) is 0 Å². The minimum Gasteiger partial charge on any atom is -0.0533 e. The van der Waals surface area contributed by atoms with Gasteiger partial charge in [0.15, 0.2) is 0 Å². The van der Waals surface area contributed by atoms with Crippen molar-refractivity contribution in [2.24, 2.45) is 23.7 Å². The van der Waals surface area contributed by atoms with Gasteiger partial charge in [-0.3, -0.25) is 0 Å². The van der Waals surface area contributed by atoms with Crippen LogP contribution in [0.1, 0.15) is 96.3 Å². The predicted molar refractivity (Wildman–Crippen MR) is 83.2 cm³/mol. The van der Waals surface area contributed by atoms with Crippen LogP contribution in [-0.2, 0) is 0 Å². The highest BCUT2D eigenvalue weighted by Crippen LogP contribution is 2.47. The van der Waals surface area contributed by atoms with Crippen molar-refractivity contribution in [3.8, 4) is 0 Å². The van der Waals surface area contributed by atoms with Gasteiger partial charge in [-0.25, -0.2) is 0 Å². The molecule has 0 aliphatic heterocycles. The van der Waals surface area contributed by atoms with E-state index in [0.29, 0.717) is 0 Å². The Bertz CT molecular complexity index is 231. The van der Waals surface area contributed by atoms with Crippen molar-refractivity contribution >= 4 is 0 Å². The predicted octanol–water partition coefficient (Wildman–Crippen LogP) is 6.34. The van der Waals surface area contributed by atoms with Crippen LogP contribution in [0.3, 0.4) is 0 Å². The molecule has 0 amide bonds. The highest BCUT2D eigenvalue weighted by atomic mass is 14.4. The van der Waals surface area contributed by atoms with Gasteiger partial charge in [-0.2, -0.15) is 0 Å². The van der Waals surface area contributed by atoms with E-state index in [4.69, 9.17) is 0 Å². The molecule has 0 aromatic heterocycles. The van der Waals surface area contributed by atoms with Gasteiger partial charge >= 0.3 is 0 Å². The SMILES string of the molecule is C1CCCCC2CC2CCCCCC2CC2CCC1. The summed E-state index contributed by atoms with van der Waals surface area (Å²) >= 11 is 0. The minimum atomic E-state index is 1.16. The normalized spacial score (nSPS) is 41.7. The van der Waals surface area contributed by atoms with Gasteiger partial charge < -0.3 is 0 Å². The summed E-state index contributed by atoms with van der Waals surface area (Å²) in [6.07, 6.45) is 23.2. The van der Waals surface area contributed by atoms with Gasteiger partial charge in [-0.05, 0) is 36.5 Å². The van der Waals surface area contributed by atoms with Crippen LogP contribution in [0.2, 0.25) is 0 Å². The summed E-state index contributed by atoms with van der Waals surface area (Å²) < 4.78 is 0. The van der Waals surface area contributed by atoms with Gasteiger partial charge in [0.05, 0.1) is 0 Å². The third-order valence-corrected chi connectivity index (χ3v) is 6.19. The van der Waals surface area contributed by atoms with E-state index in [0.717, 1.165) is 23.7 Å². The first-order chi connectivity index (χ1) is 9.43. The Morgan fingerprint density at radius 1 is 0.316 bits per heavy atom. The van der Waals surface area contributed by atoms with Gasteiger partial charge in [-0.15, -0.1) is 0 Å². The van der Waals surface area contributed by atoms with Crippen molar-refractivity contribution < 1.29 is 0 Å². The van der Waals surface area contributed by atoms with Gasteiger partial charge in [-0.1, -0.05) is 83.5 Å². The molecule has 0 radical (unpaired) electrons. The van der Waals surface area contributed by atoms with Gasteiger partial charge in [0.1, 0.15) is 0 Å². The molecule has 3 saturated carbocycles. The second-order valence-corrected chi connectivity index (χ2v) is 7.85. The molecule has 4 unspecified atom stereocenters. The van der Waals surface area contributed by atoms with Crippen LogP contribution >= 0.6 is 0 Å². The summed E-state index contributed by atoms with van der Waals surface area (Å²) in [5, 5.41) is 0. The molecule has 19 heavy (non-hydrogen) atoms. The molecule has 3 rings (SSSR count). The molecule has 110 valence electrons. The Labute approximate surface area is 120 Å². The van der Waals surface area contributed by atoms with E-state index >= 15 is 0 Å². The van der Waals surface area contributed by atoms with E-state index in [9.17, 15) is 0 Å². The Balaban J connectivity index is 1.34. The van der Waals surface area contributed by atoms with E-state index < -0.39 is 0 Å². The van der Waals surface area contributed by atoms with Crippen molar-refractivity contribution in [1.82, 2.24) is 0 Å². The number of rotatable bonds is 0. The van der Waals surface area contributed by atoms with Gasteiger partial charge in [0.25, 0.3) is 0 Å².